The lowest BCUT2D eigenvalue weighted by atomic mass is 9.79. The van der Waals surface area contributed by atoms with Crippen LogP contribution in [0.15, 0.2) is 5.16 Å². The minimum absolute atomic E-state index is 0.00873. The van der Waals surface area contributed by atoms with Crippen molar-refractivity contribution in [2.75, 3.05) is 13.6 Å². The van der Waals surface area contributed by atoms with Gasteiger partial charge in [-0.3, -0.25) is 4.79 Å². The second kappa shape index (κ2) is 6.24. The van der Waals surface area contributed by atoms with Crippen molar-refractivity contribution in [3.8, 4) is 0 Å². The lowest BCUT2D eigenvalue weighted by Gasteiger charge is -2.35. The van der Waals surface area contributed by atoms with Crippen LogP contribution >= 0.6 is 0 Å². The van der Waals surface area contributed by atoms with Crippen LogP contribution in [0.5, 0.6) is 0 Å². The summed E-state index contributed by atoms with van der Waals surface area (Å²) < 4.78 is 0. The van der Waals surface area contributed by atoms with Crippen LogP contribution in [0.25, 0.3) is 0 Å². The van der Waals surface area contributed by atoms with E-state index < -0.39 is 5.41 Å². The van der Waals surface area contributed by atoms with Crippen molar-refractivity contribution < 1.29 is 10.0 Å². The average molecular weight is 295 g/mol. The molecule has 2 rings (SSSR count). The van der Waals surface area contributed by atoms with Gasteiger partial charge in [-0.05, 0) is 49.9 Å². The fraction of sp³-hybridized carbons (Fsp3) is 0.875. The van der Waals surface area contributed by atoms with Crippen LogP contribution < -0.4 is 5.73 Å². The van der Waals surface area contributed by atoms with Gasteiger partial charge in [0.25, 0.3) is 0 Å². The van der Waals surface area contributed by atoms with E-state index in [4.69, 9.17) is 10.9 Å². The molecule has 0 saturated heterocycles. The Kier molecular flexibility index (Phi) is 4.79. The Bertz CT molecular complexity index is 418. The smallest absolute Gasteiger partial charge is 0.236 e. The number of carbonyl (C=O) groups excluding carboxylic acids is 1. The molecular formula is C16H29N3O2. The molecule has 5 heteroatoms. The number of amides is 1. The number of nitrogens with two attached hydrogens (primary N) is 1. The number of fused-ring (bicyclic) bond motifs is 2. The predicted octanol–water partition coefficient (Wildman–Crippen LogP) is 2.43. The SMILES string of the molecule is CCC(CC)(C(=O)N(C)CC1CC2CCC1C2)C(N)=NO. The molecule has 1 amide bonds. The molecule has 2 aliphatic rings. The van der Waals surface area contributed by atoms with Gasteiger partial charge in [0.05, 0.1) is 0 Å². The molecule has 5 nitrogen and oxygen atoms in total. The molecule has 0 aromatic rings. The Morgan fingerprint density at radius 2 is 2.00 bits per heavy atom. The van der Waals surface area contributed by atoms with Gasteiger partial charge in [0, 0.05) is 13.6 Å². The van der Waals surface area contributed by atoms with Crippen molar-refractivity contribution in [2.24, 2.45) is 34.1 Å². The first-order valence-corrected chi connectivity index (χ1v) is 8.22. The van der Waals surface area contributed by atoms with Crippen molar-refractivity contribution in [3.63, 3.8) is 0 Å². The molecule has 0 heterocycles. The van der Waals surface area contributed by atoms with Gasteiger partial charge in [-0.2, -0.15) is 0 Å². The van der Waals surface area contributed by atoms with Crippen LogP contribution in [0.1, 0.15) is 52.4 Å². The second-order valence-corrected chi connectivity index (χ2v) is 6.90. The zero-order valence-corrected chi connectivity index (χ0v) is 13.5. The van der Waals surface area contributed by atoms with Gasteiger partial charge in [0.1, 0.15) is 5.41 Å². The Labute approximate surface area is 127 Å². The molecule has 120 valence electrons. The van der Waals surface area contributed by atoms with Gasteiger partial charge < -0.3 is 15.8 Å². The first-order chi connectivity index (χ1) is 9.98. The van der Waals surface area contributed by atoms with Crippen molar-refractivity contribution in [1.29, 1.82) is 0 Å². The molecule has 0 spiro atoms. The Hall–Kier alpha value is -1.26. The van der Waals surface area contributed by atoms with Crippen molar-refractivity contribution in [1.82, 2.24) is 4.90 Å². The monoisotopic (exact) mass is 295 g/mol. The molecule has 0 radical (unpaired) electrons. The first-order valence-electron chi connectivity index (χ1n) is 8.22. The van der Waals surface area contributed by atoms with Gasteiger partial charge in [0.15, 0.2) is 5.84 Å². The summed E-state index contributed by atoms with van der Waals surface area (Å²) in [6.45, 7) is 4.65. The fourth-order valence-electron chi connectivity index (χ4n) is 4.52. The summed E-state index contributed by atoms with van der Waals surface area (Å²) in [5.41, 5.74) is 4.97. The van der Waals surface area contributed by atoms with Gasteiger partial charge >= 0.3 is 0 Å². The van der Waals surface area contributed by atoms with E-state index in [2.05, 4.69) is 5.16 Å². The zero-order valence-electron chi connectivity index (χ0n) is 13.5. The van der Waals surface area contributed by atoms with Crippen LogP contribution in [0.3, 0.4) is 0 Å². The highest BCUT2D eigenvalue weighted by Crippen LogP contribution is 2.48. The Morgan fingerprint density at radius 3 is 2.43 bits per heavy atom. The number of amidine groups is 1. The third-order valence-corrected chi connectivity index (χ3v) is 5.95. The molecule has 3 N–H and O–H groups in total. The Balaban J connectivity index is 2.06. The molecule has 0 aromatic heterocycles. The number of rotatable bonds is 6. The van der Waals surface area contributed by atoms with Crippen LogP contribution in [0.4, 0.5) is 0 Å². The lowest BCUT2D eigenvalue weighted by molar-refractivity contribution is -0.138. The minimum atomic E-state index is -0.860. The Morgan fingerprint density at radius 1 is 1.33 bits per heavy atom. The third kappa shape index (κ3) is 2.74. The van der Waals surface area contributed by atoms with E-state index in [1.54, 1.807) is 0 Å². The lowest BCUT2D eigenvalue weighted by Crippen LogP contribution is -2.51. The van der Waals surface area contributed by atoms with Crippen molar-refractivity contribution in [3.05, 3.63) is 0 Å². The summed E-state index contributed by atoms with van der Waals surface area (Å²) in [7, 11) is 1.86. The van der Waals surface area contributed by atoms with Crippen molar-refractivity contribution >= 4 is 11.7 Å². The number of nitrogens with zero attached hydrogens (tertiary/aromatic N) is 2. The van der Waals surface area contributed by atoms with Gasteiger partial charge in [0.2, 0.25) is 5.91 Å². The molecule has 0 aromatic carbocycles. The van der Waals surface area contributed by atoms with Crippen LogP contribution in [-0.2, 0) is 4.79 Å². The topological polar surface area (TPSA) is 78.9 Å². The maximum atomic E-state index is 12.9. The molecule has 0 aliphatic heterocycles. The highest BCUT2D eigenvalue weighted by Gasteiger charge is 2.44. The van der Waals surface area contributed by atoms with E-state index in [0.717, 1.165) is 18.4 Å². The van der Waals surface area contributed by atoms with E-state index in [0.29, 0.717) is 18.8 Å². The quantitative estimate of drug-likeness (QED) is 0.342. The van der Waals surface area contributed by atoms with E-state index >= 15 is 0 Å². The maximum absolute atomic E-state index is 12.9. The van der Waals surface area contributed by atoms with Crippen LogP contribution in [0.2, 0.25) is 0 Å². The minimum Gasteiger partial charge on any atom is -0.409 e. The largest absolute Gasteiger partial charge is 0.409 e. The summed E-state index contributed by atoms with van der Waals surface area (Å²) in [5, 5.41) is 12.1. The summed E-state index contributed by atoms with van der Waals surface area (Å²) in [6.07, 6.45) is 6.41. The molecule has 21 heavy (non-hydrogen) atoms. The number of oxime groups is 1. The molecule has 2 aliphatic carbocycles. The fourth-order valence-corrected chi connectivity index (χ4v) is 4.52. The zero-order chi connectivity index (χ0) is 15.6. The standard InChI is InChI=1S/C16H29N3O2/c1-4-16(5-2,14(17)18-21)15(20)19(3)10-13-9-11-6-7-12(13)8-11/h11-13,21H,4-10H2,1-3H3,(H2,17,18). The normalized spacial score (nSPS) is 28.9. The molecule has 2 bridgehead atoms. The maximum Gasteiger partial charge on any atom is 0.236 e. The van der Waals surface area contributed by atoms with E-state index in [1.807, 2.05) is 25.8 Å². The van der Waals surface area contributed by atoms with E-state index in [1.165, 1.54) is 25.7 Å². The van der Waals surface area contributed by atoms with Gasteiger partial charge in [-0.15, -0.1) is 0 Å². The summed E-state index contributed by atoms with van der Waals surface area (Å²) in [4.78, 5) is 14.7. The first kappa shape index (κ1) is 16.1. The molecule has 2 saturated carbocycles. The van der Waals surface area contributed by atoms with Crippen LogP contribution in [-0.4, -0.2) is 35.4 Å². The summed E-state index contributed by atoms with van der Waals surface area (Å²) >= 11 is 0. The number of hydrogen-bond acceptors (Lipinski definition) is 3. The van der Waals surface area contributed by atoms with Gasteiger partial charge in [-0.1, -0.05) is 25.4 Å². The molecule has 3 unspecified atom stereocenters. The number of hydrogen-bond donors (Lipinski definition) is 2. The number of carbonyl (C=O) groups is 1. The average Bonchev–Trinajstić information content (AvgIpc) is 3.11. The summed E-state index contributed by atoms with van der Waals surface area (Å²) in [6, 6.07) is 0. The molecular weight excluding hydrogens is 266 g/mol. The van der Waals surface area contributed by atoms with Crippen LogP contribution in [0, 0.1) is 23.2 Å². The second-order valence-electron chi connectivity index (χ2n) is 6.90. The summed E-state index contributed by atoms with van der Waals surface area (Å²) in [5.74, 6) is 2.35. The highest BCUT2D eigenvalue weighted by molar-refractivity contribution is 6.06. The van der Waals surface area contributed by atoms with E-state index in [9.17, 15) is 4.79 Å². The highest BCUT2D eigenvalue weighted by atomic mass is 16.4. The van der Waals surface area contributed by atoms with E-state index in [-0.39, 0.29) is 11.7 Å². The van der Waals surface area contributed by atoms with Crippen molar-refractivity contribution in [2.45, 2.75) is 52.4 Å². The predicted molar refractivity (Wildman–Crippen MR) is 83.0 cm³/mol. The third-order valence-electron chi connectivity index (χ3n) is 5.95. The molecule has 3 atom stereocenters. The van der Waals surface area contributed by atoms with Gasteiger partial charge in [-0.25, -0.2) is 0 Å². The molecule has 2 fully saturated rings.